The third-order valence-corrected chi connectivity index (χ3v) is 5.27. The molecule has 4 rings (SSSR count). The van der Waals surface area contributed by atoms with Crippen LogP contribution in [0.25, 0.3) is 0 Å². The summed E-state index contributed by atoms with van der Waals surface area (Å²) in [5.74, 6) is -1.08. The van der Waals surface area contributed by atoms with E-state index in [9.17, 15) is 18.8 Å². The van der Waals surface area contributed by atoms with Crippen molar-refractivity contribution in [2.24, 2.45) is 0 Å². The van der Waals surface area contributed by atoms with Crippen LogP contribution in [0.2, 0.25) is 0 Å². The summed E-state index contributed by atoms with van der Waals surface area (Å²) in [6.07, 6.45) is 3.78. The fourth-order valence-electron chi connectivity index (χ4n) is 3.75. The molecule has 148 valence electrons. The first-order valence-electron chi connectivity index (χ1n) is 9.49. The number of nitrogens with zero attached hydrogens (tertiary/aromatic N) is 1. The predicted molar refractivity (Wildman–Crippen MR) is 106 cm³/mol. The predicted octanol–water partition coefficient (Wildman–Crippen LogP) is 2.53. The van der Waals surface area contributed by atoms with Gasteiger partial charge in [0.15, 0.2) is 0 Å². The van der Waals surface area contributed by atoms with E-state index in [1.165, 1.54) is 23.8 Å². The molecule has 2 aromatic carbocycles. The number of carbonyl (C=O) groups is 1. The topological polar surface area (TPSA) is 84.0 Å². The fraction of sp³-hybridized carbons (Fsp3) is 0.227. The molecule has 0 bridgehead atoms. The SMILES string of the molecule is O=C(NC1CCCc2ccccc21)c1c[nH]c(=O)n(Cc2ccccc2F)c1=O. The Bertz CT molecular complexity index is 1180. The van der Waals surface area contributed by atoms with Gasteiger partial charge in [-0.3, -0.25) is 14.2 Å². The second-order valence-corrected chi connectivity index (χ2v) is 7.11. The van der Waals surface area contributed by atoms with Crippen molar-refractivity contribution in [3.63, 3.8) is 0 Å². The second-order valence-electron chi connectivity index (χ2n) is 7.11. The fourth-order valence-corrected chi connectivity index (χ4v) is 3.75. The minimum absolute atomic E-state index is 0.177. The number of H-pyrrole nitrogens is 1. The smallest absolute Gasteiger partial charge is 0.328 e. The molecule has 0 aliphatic heterocycles. The van der Waals surface area contributed by atoms with Crippen molar-refractivity contribution >= 4 is 5.91 Å². The molecule has 0 fully saturated rings. The number of hydrogen-bond acceptors (Lipinski definition) is 3. The summed E-state index contributed by atoms with van der Waals surface area (Å²) >= 11 is 0. The maximum absolute atomic E-state index is 13.9. The lowest BCUT2D eigenvalue weighted by Crippen LogP contribution is -2.42. The van der Waals surface area contributed by atoms with Gasteiger partial charge in [-0.1, -0.05) is 42.5 Å². The van der Waals surface area contributed by atoms with Gasteiger partial charge < -0.3 is 10.3 Å². The van der Waals surface area contributed by atoms with Crippen molar-refractivity contribution in [3.05, 3.63) is 104 Å². The minimum atomic E-state index is -0.751. The zero-order valence-corrected chi connectivity index (χ0v) is 15.7. The Kier molecular flexibility index (Phi) is 5.12. The van der Waals surface area contributed by atoms with E-state index in [2.05, 4.69) is 10.3 Å². The number of nitrogens with one attached hydrogen (secondary N) is 2. The van der Waals surface area contributed by atoms with Gasteiger partial charge in [-0.05, 0) is 36.5 Å². The molecule has 1 aromatic heterocycles. The number of aromatic amines is 1. The van der Waals surface area contributed by atoms with Crippen LogP contribution in [0, 0.1) is 5.82 Å². The maximum atomic E-state index is 13.9. The standard InChI is InChI=1S/C22H20FN3O3/c23-18-10-4-2-7-15(18)13-26-21(28)17(12-24-22(26)29)20(27)25-19-11-5-8-14-6-1-3-9-16(14)19/h1-4,6-7,9-10,12,19H,5,8,11,13H2,(H,24,29)(H,25,27). The van der Waals surface area contributed by atoms with Crippen molar-refractivity contribution in [1.29, 1.82) is 0 Å². The molecule has 1 aliphatic carbocycles. The van der Waals surface area contributed by atoms with E-state index in [4.69, 9.17) is 0 Å². The highest BCUT2D eigenvalue weighted by Gasteiger charge is 2.24. The number of carbonyl (C=O) groups excluding carboxylic acids is 1. The molecule has 1 heterocycles. The number of hydrogen-bond donors (Lipinski definition) is 2. The molecule has 1 aliphatic rings. The number of benzene rings is 2. The van der Waals surface area contributed by atoms with Crippen LogP contribution in [0.3, 0.4) is 0 Å². The van der Waals surface area contributed by atoms with Gasteiger partial charge in [0.2, 0.25) is 0 Å². The Morgan fingerprint density at radius 1 is 1.14 bits per heavy atom. The van der Waals surface area contributed by atoms with Crippen LogP contribution in [-0.2, 0) is 13.0 Å². The molecule has 2 N–H and O–H groups in total. The number of rotatable bonds is 4. The van der Waals surface area contributed by atoms with Crippen LogP contribution < -0.4 is 16.6 Å². The highest BCUT2D eigenvalue weighted by atomic mass is 19.1. The molecule has 0 radical (unpaired) electrons. The molecule has 7 heteroatoms. The van der Waals surface area contributed by atoms with Crippen LogP contribution in [0.4, 0.5) is 4.39 Å². The molecule has 0 saturated carbocycles. The number of aromatic nitrogens is 2. The largest absolute Gasteiger partial charge is 0.345 e. The highest BCUT2D eigenvalue weighted by molar-refractivity contribution is 5.93. The van der Waals surface area contributed by atoms with Gasteiger partial charge in [0.05, 0.1) is 12.6 Å². The molecular formula is C22H20FN3O3. The molecule has 1 unspecified atom stereocenters. The molecular weight excluding hydrogens is 373 g/mol. The van der Waals surface area contributed by atoms with E-state index < -0.39 is 23.0 Å². The first-order chi connectivity index (χ1) is 14.0. The quantitative estimate of drug-likeness (QED) is 0.715. The molecule has 3 aromatic rings. The Labute approximate surface area is 166 Å². The van der Waals surface area contributed by atoms with Crippen LogP contribution in [0.15, 0.2) is 64.3 Å². The van der Waals surface area contributed by atoms with Crippen molar-refractivity contribution < 1.29 is 9.18 Å². The summed E-state index contributed by atoms with van der Waals surface area (Å²) in [7, 11) is 0. The molecule has 29 heavy (non-hydrogen) atoms. The van der Waals surface area contributed by atoms with Gasteiger partial charge >= 0.3 is 5.69 Å². The third kappa shape index (κ3) is 3.76. The van der Waals surface area contributed by atoms with Gasteiger partial charge in [0.1, 0.15) is 11.4 Å². The first-order valence-corrected chi connectivity index (χ1v) is 9.49. The lowest BCUT2D eigenvalue weighted by atomic mass is 9.87. The Morgan fingerprint density at radius 2 is 1.90 bits per heavy atom. The minimum Gasteiger partial charge on any atom is -0.345 e. The molecule has 0 saturated heterocycles. The van der Waals surface area contributed by atoms with E-state index in [-0.39, 0.29) is 23.7 Å². The van der Waals surface area contributed by atoms with Gasteiger partial charge in [-0.15, -0.1) is 0 Å². The van der Waals surface area contributed by atoms with E-state index in [1.54, 1.807) is 6.07 Å². The Balaban J connectivity index is 1.63. The third-order valence-electron chi connectivity index (χ3n) is 5.27. The average Bonchev–Trinajstić information content (AvgIpc) is 2.72. The van der Waals surface area contributed by atoms with Gasteiger partial charge in [-0.25, -0.2) is 9.18 Å². The molecule has 6 nitrogen and oxygen atoms in total. The van der Waals surface area contributed by atoms with E-state index in [0.29, 0.717) is 0 Å². The second kappa shape index (κ2) is 7.87. The summed E-state index contributed by atoms with van der Waals surface area (Å²) in [6.45, 7) is -0.256. The Hall–Kier alpha value is -3.48. The Morgan fingerprint density at radius 3 is 2.72 bits per heavy atom. The van der Waals surface area contributed by atoms with E-state index >= 15 is 0 Å². The van der Waals surface area contributed by atoms with Crippen molar-refractivity contribution in [3.8, 4) is 0 Å². The number of amides is 1. The van der Waals surface area contributed by atoms with Crippen LogP contribution in [0.5, 0.6) is 0 Å². The normalized spacial score (nSPS) is 15.6. The number of halogens is 1. The van der Waals surface area contributed by atoms with Crippen molar-refractivity contribution in [2.45, 2.75) is 31.8 Å². The summed E-state index contributed by atoms with van der Waals surface area (Å²) in [5.41, 5.74) is 0.796. The summed E-state index contributed by atoms with van der Waals surface area (Å²) < 4.78 is 14.8. The van der Waals surface area contributed by atoms with E-state index in [0.717, 1.165) is 35.6 Å². The van der Waals surface area contributed by atoms with Crippen molar-refractivity contribution in [1.82, 2.24) is 14.9 Å². The van der Waals surface area contributed by atoms with Crippen LogP contribution in [0.1, 0.15) is 45.9 Å². The average molecular weight is 393 g/mol. The van der Waals surface area contributed by atoms with Gasteiger partial charge in [-0.2, -0.15) is 0 Å². The highest BCUT2D eigenvalue weighted by Crippen LogP contribution is 2.29. The molecule has 1 atom stereocenters. The lowest BCUT2D eigenvalue weighted by Gasteiger charge is -2.26. The van der Waals surface area contributed by atoms with Gasteiger partial charge in [0.25, 0.3) is 11.5 Å². The zero-order chi connectivity index (χ0) is 20.4. The summed E-state index contributed by atoms with van der Waals surface area (Å²) in [5, 5.41) is 2.91. The number of aryl methyl sites for hydroxylation is 1. The monoisotopic (exact) mass is 393 g/mol. The van der Waals surface area contributed by atoms with Gasteiger partial charge in [0, 0.05) is 11.8 Å². The zero-order valence-electron chi connectivity index (χ0n) is 15.7. The molecule has 1 amide bonds. The number of fused-ring (bicyclic) bond motifs is 1. The van der Waals surface area contributed by atoms with Crippen LogP contribution in [-0.4, -0.2) is 15.5 Å². The summed E-state index contributed by atoms with van der Waals surface area (Å²) in [6, 6.07) is 13.6. The van der Waals surface area contributed by atoms with Crippen LogP contribution >= 0.6 is 0 Å². The van der Waals surface area contributed by atoms with Crippen molar-refractivity contribution in [2.75, 3.05) is 0 Å². The summed E-state index contributed by atoms with van der Waals surface area (Å²) in [4.78, 5) is 40.1. The lowest BCUT2D eigenvalue weighted by molar-refractivity contribution is 0.0930. The first kappa shape index (κ1) is 18.9. The maximum Gasteiger partial charge on any atom is 0.328 e. The van der Waals surface area contributed by atoms with E-state index in [1.807, 2.05) is 24.3 Å². The molecule has 0 spiro atoms.